The van der Waals surface area contributed by atoms with Gasteiger partial charge in [0.05, 0.1) is 17.0 Å². The van der Waals surface area contributed by atoms with Gasteiger partial charge in [0.25, 0.3) is 0 Å². The first-order valence-electron chi connectivity index (χ1n) is 12.4. The van der Waals surface area contributed by atoms with Gasteiger partial charge in [-0.15, -0.1) is 0 Å². The summed E-state index contributed by atoms with van der Waals surface area (Å²) in [5, 5.41) is 2.60. The van der Waals surface area contributed by atoms with Crippen LogP contribution in [0.3, 0.4) is 0 Å². The van der Waals surface area contributed by atoms with Crippen LogP contribution in [0.2, 0.25) is 0 Å². The van der Waals surface area contributed by atoms with Gasteiger partial charge >= 0.3 is 0 Å². The van der Waals surface area contributed by atoms with Crippen molar-refractivity contribution in [3.63, 3.8) is 0 Å². The number of H-pyrrole nitrogens is 1. The van der Waals surface area contributed by atoms with E-state index >= 15 is 0 Å². The number of nitrogens with two attached hydrogens (primary N) is 1. The molecule has 0 aliphatic carbocycles. The highest BCUT2D eigenvalue weighted by atomic mass is 19.2. The molecule has 0 bridgehead atoms. The van der Waals surface area contributed by atoms with Gasteiger partial charge in [-0.05, 0) is 66.1 Å². The molecular weight excluding hydrogens is 498 g/mol. The normalized spacial score (nSPS) is 13.4. The molecule has 4 N–H and O–H groups in total. The molecule has 0 unspecified atom stereocenters. The zero-order valence-electron chi connectivity index (χ0n) is 21.0. The number of aromatic amines is 1. The minimum atomic E-state index is -1.05. The molecule has 5 aromatic rings. The first-order chi connectivity index (χ1) is 18.9. The van der Waals surface area contributed by atoms with Gasteiger partial charge in [0.2, 0.25) is 11.6 Å². The second-order valence-electron chi connectivity index (χ2n) is 9.28. The van der Waals surface area contributed by atoms with Gasteiger partial charge in [0, 0.05) is 17.4 Å². The summed E-state index contributed by atoms with van der Waals surface area (Å²) in [5.41, 5.74) is 14.9. The Bertz CT molecular complexity index is 1760. The van der Waals surface area contributed by atoms with Crippen molar-refractivity contribution in [1.29, 1.82) is 0 Å². The number of hydrogen-bond acceptors (Lipinski definition) is 5. The predicted molar refractivity (Wildman–Crippen MR) is 147 cm³/mol. The summed E-state index contributed by atoms with van der Waals surface area (Å²) in [6.07, 6.45) is 0. The Morgan fingerprint density at radius 3 is 2.54 bits per heavy atom. The monoisotopic (exact) mass is 522 g/mol. The van der Waals surface area contributed by atoms with E-state index in [4.69, 9.17) is 10.5 Å². The fraction of sp³-hybridized carbons (Fsp3) is 0.0645. The number of ether oxygens (including phenoxy) is 1. The van der Waals surface area contributed by atoms with Gasteiger partial charge < -0.3 is 15.5 Å². The third-order valence-corrected chi connectivity index (χ3v) is 6.78. The summed E-state index contributed by atoms with van der Waals surface area (Å²) < 4.78 is 33.1. The van der Waals surface area contributed by atoms with Crippen LogP contribution in [0, 0.1) is 18.6 Å². The number of hydrogen-bond donors (Lipinski definition) is 3. The van der Waals surface area contributed by atoms with E-state index in [-0.39, 0.29) is 23.9 Å². The number of benzene rings is 4. The number of Topliss-reactive ketones (excluding diaryl/α,β-unsaturated/α-hetero) is 1. The number of fused-ring (bicyclic) bond motifs is 1. The minimum Gasteiger partial charge on any atom is -0.454 e. The summed E-state index contributed by atoms with van der Waals surface area (Å²) in [4.78, 5) is 16.8. The first kappa shape index (κ1) is 24.4. The van der Waals surface area contributed by atoms with E-state index in [0.717, 1.165) is 33.7 Å². The molecule has 0 radical (unpaired) electrons. The molecule has 39 heavy (non-hydrogen) atoms. The molecule has 8 heteroatoms. The van der Waals surface area contributed by atoms with Crippen LogP contribution in [-0.4, -0.2) is 17.3 Å². The molecule has 0 amide bonds. The van der Waals surface area contributed by atoms with Crippen molar-refractivity contribution in [2.75, 3.05) is 11.6 Å². The number of aryl methyl sites for hydroxylation is 1. The largest absolute Gasteiger partial charge is 0.454 e. The lowest BCUT2D eigenvalue weighted by atomic mass is 10.0. The predicted octanol–water partition coefficient (Wildman–Crippen LogP) is 6.59. The van der Waals surface area contributed by atoms with Crippen LogP contribution in [-0.2, 0) is 0 Å². The molecule has 4 aromatic carbocycles. The maximum atomic E-state index is 14.0. The number of anilines is 1. The molecule has 0 spiro atoms. The van der Waals surface area contributed by atoms with E-state index < -0.39 is 11.6 Å². The lowest BCUT2D eigenvalue weighted by Crippen LogP contribution is -2.35. The number of nitrogens with zero attached hydrogens (tertiary/aromatic N) is 1. The molecule has 6 nitrogen and oxygen atoms in total. The number of rotatable bonds is 6. The number of aromatic nitrogens is 1. The smallest absolute Gasteiger partial charge is 0.210 e. The number of nitrogens with one attached hydrogen (secondary N) is 2. The van der Waals surface area contributed by atoms with Gasteiger partial charge in [-0.1, -0.05) is 48.5 Å². The molecule has 2 heterocycles. The molecule has 1 aliphatic rings. The van der Waals surface area contributed by atoms with E-state index in [1.165, 1.54) is 12.1 Å². The molecule has 6 rings (SSSR count). The molecule has 194 valence electrons. The third-order valence-electron chi connectivity index (χ3n) is 6.78. The van der Waals surface area contributed by atoms with Crippen LogP contribution in [0.1, 0.15) is 16.1 Å². The maximum Gasteiger partial charge on any atom is 0.210 e. The van der Waals surface area contributed by atoms with Gasteiger partial charge in [0.1, 0.15) is 11.6 Å². The number of hydrazine groups is 1. The molecule has 0 saturated heterocycles. The fourth-order valence-corrected chi connectivity index (χ4v) is 4.82. The number of halogens is 2. The summed E-state index contributed by atoms with van der Waals surface area (Å²) in [6, 6.07) is 26.6. The van der Waals surface area contributed by atoms with Crippen LogP contribution in [0.15, 0.2) is 102 Å². The van der Waals surface area contributed by atoms with Crippen molar-refractivity contribution in [3.05, 3.63) is 125 Å². The van der Waals surface area contributed by atoms with Crippen molar-refractivity contribution in [3.8, 4) is 22.6 Å². The van der Waals surface area contributed by atoms with Crippen LogP contribution >= 0.6 is 0 Å². The molecule has 0 saturated carbocycles. The lowest BCUT2D eigenvalue weighted by molar-refractivity contribution is 0.102. The van der Waals surface area contributed by atoms with E-state index in [1.54, 1.807) is 23.2 Å². The van der Waals surface area contributed by atoms with Crippen molar-refractivity contribution in [2.24, 2.45) is 5.73 Å². The second-order valence-corrected chi connectivity index (χ2v) is 9.28. The Morgan fingerprint density at radius 2 is 1.74 bits per heavy atom. The quantitative estimate of drug-likeness (QED) is 0.219. The first-order valence-corrected chi connectivity index (χ1v) is 12.4. The zero-order chi connectivity index (χ0) is 27.1. The van der Waals surface area contributed by atoms with Crippen molar-refractivity contribution < 1.29 is 18.3 Å². The van der Waals surface area contributed by atoms with Crippen LogP contribution in [0.4, 0.5) is 14.5 Å². The average molecular weight is 523 g/mol. The highest BCUT2D eigenvalue weighted by Crippen LogP contribution is 2.33. The van der Waals surface area contributed by atoms with Crippen LogP contribution < -0.4 is 20.9 Å². The Hall–Kier alpha value is -4.95. The molecular formula is C31H24F2N4O2. The topological polar surface area (TPSA) is 83.4 Å². The Kier molecular flexibility index (Phi) is 6.09. The fourth-order valence-electron chi connectivity index (χ4n) is 4.82. The van der Waals surface area contributed by atoms with Crippen LogP contribution in [0.25, 0.3) is 22.0 Å². The van der Waals surface area contributed by atoms with Crippen molar-refractivity contribution in [1.82, 2.24) is 10.4 Å². The highest BCUT2D eigenvalue weighted by molar-refractivity contribution is 6.12. The summed E-state index contributed by atoms with van der Waals surface area (Å²) >= 11 is 0. The Morgan fingerprint density at radius 1 is 0.949 bits per heavy atom. The van der Waals surface area contributed by atoms with Gasteiger partial charge in [-0.3, -0.25) is 9.80 Å². The molecule has 1 aromatic heterocycles. The molecule has 1 aliphatic heterocycles. The Balaban J connectivity index is 1.27. The SMILES string of the molecule is Cc1cc(Oc2cccc(F)c2F)ccc1N1NCC(C(=O)c2cc3c(-c4ccccc4)cccc3[nH]2)=C1N. The van der Waals surface area contributed by atoms with Crippen molar-refractivity contribution >= 4 is 22.4 Å². The lowest BCUT2D eigenvalue weighted by Gasteiger charge is -2.22. The van der Waals surface area contributed by atoms with E-state index in [9.17, 15) is 13.6 Å². The Labute approximate surface area is 223 Å². The van der Waals surface area contributed by atoms with Gasteiger partial charge in [-0.2, -0.15) is 4.39 Å². The van der Waals surface area contributed by atoms with E-state index in [0.29, 0.717) is 22.7 Å². The van der Waals surface area contributed by atoms with Gasteiger partial charge in [0.15, 0.2) is 11.6 Å². The average Bonchev–Trinajstić information content (AvgIpc) is 3.55. The summed E-state index contributed by atoms with van der Waals surface area (Å²) in [7, 11) is 0. The number of carbonyl (C=O) groups is 1. The van der Waals surface area contributed by atoms with Crippen LogP contribution in [0.5, 0.6) is 11.5 Å². The van der Waals surface area contributed by atoms with E-state index in [2.05, 4.69) is 10.4 Å². The summed E-state index contributed by atoms with van der Waals surface area (Å²) in [6.45, 7) is 2.08. The summed E-state index contributed by atoms with van der Waals surface area (Å²) in [5.74, 6) is -1.81. The van der Waals surface area contributed by atoms with E-state index in [1.807, 2.05) is 61.5 Å². The molecule has 0 fully saturated rings. The third kappa shape index (κ3) is 4.41. The van der Waals surface area contributed by atoms with Crippen molar-refractivity contribution in [2.45, 2.75) is 6.92 Å². The van der Waals surface area contributed by atoms with Gasteiger partial charge in [-0.25, -0.2) is 9.82 Å². The molecule has 0 atom stereocenters. The second kappa shape index (κ2) is 9.74. The highest BCUT2D eigenvalue weighted by Gasteiger charge is 2.29. The minimum absolute atomic E-state index is 0.197. The maximum absolute atomic E-state index is 14.0. The standard InChI is InChI=1S/C31H24F2N4O2/c1-18-15-20(39-28-12-6-10-24(32)29(28)33)13-14-27(18)37-31(34)23(17-35-37)30(38)26-16-22-21(9-5-11-25(22)36-26)19-7-3-2-4-8-19/h2-16,35-36H,17,34H2,1H3. The number of ketones is 1. The zero-order valence-corrected chi connectivity index (χ0v) is 21.0. The number of carbonyl (C=O) groups excluding carboxylic acids is 1.